The van der Waals surface area contributed by atoms with Gasteiger partial charge in [-0.05, 0) is 43.5 Å². The van der Waals surface area contributed by atoms with Gasteiger partial charge < -0.3 is 11.1 Å². The highest BCUT2D eigenvalue weighted by Crippen LogP contribution is 2.23. The maximum atomic E-state index is 12.5. The van der Waals surface area contributed by atoms with Crippen molar-refractivity contribution in [3.05, 3.63) is 46.8 Å². The first-order valence-electron chi connectivity index (χ1n) is 8.44. The molecule has 0 fully saturated rings. The van der Waals surface area contributed by atoms with Gasteiger partial charge in [-0.1, -0.05) is 6.07 Å². The first-order chi connectivity index (χ1) is 12.0. The van der Waals surface area contributed by atoms with E-state index >= 15 is 0 Å². The number of hydrogen-bond donors (Lipinski definition) is 2. The molecule has 25 heavy (non-hydrogen) atoms. The molecule has 0 saturated heterocycles. The van der Waals surface area contributed by atoms with E-state index in [4.69, 9.17) is 5.73 Å². The van der Waals surface area contributed by atoms with Crippen LogP contribution in [0.3, 0.4) is 0 Å². The lowest BCUT2D eigenvalue weighted by Gasteiger charge is -2.28. The standard InChI is InChI=1S/C18H23N5O2/c1-3-23-12(2)16(9-20-23)18(25)21-15-5-4-13-6-7-22(11-17(19)24)10-14(13)8-15/h4-5,8-9H,3,6-7,10-11H2,1-2H3,(H2,19,24)(H,21,25). The highest BCUT2D eigenvalue weighted by molar-refractivity contribution is 6.04. The Morgan fingerprint density at radius 1 is 1.32 bits per heavy atom. The number of aromatic nitrogens is 2. The van der Waals surface area contributed by atoms with Gasteiger partial charge in [0.25, 0.3) is 5.91 Å². The number of benzene rings is 1. The average Bonchev–Trinajstić information content (AvgIpc) is 2.94. The number of anilines is 1. The van der Waals surface area contributed by atoms with Gasteiger partial charge in [0.1, 0.15) is 0 Å². The summed E-state index contributed by atoms with van der Waals surface area (Å²) < 4.78 is 1.80. The SMILES string of the molecule is CCn1ncc(C(=O)Nc2ccc3c(c2)CN(CC(N)=O)CC3)c1C. The molecular formula is C18H23N5O2. The molecule has 0 atom stereocenters. The molecule has 2 amide bonds. The van der Waals surface area contributed by atoms with Crippen LogP contribution in [0.1, 0.15) is 34.1 Å². The van der Waals surface area contributed by atoms with Gasteiger partial charge in [-0.3, -0.25) is 19.2 Å². The number of amides is 2. The van der Waals surface area contributed by atoms with Crippen LogP contribution in [0.2, 0.25) is 0 Å². The Morgan fingerprint density at radius 3 is 2.80 bits per heavy atom. The van der Waals surface area contributed by atoms with Crippen molar-refractivity contribution in [3.8, 4) is 0 Å². The topological polar surface area (TPSA) is 93.2 Å². The lowest BCUT2D eigenvalue weighted by molar-refractivity contribution is -0.119. The molecule has 1 aliphatic rings. The lowest BCUT2D eigenvalue weighted by Crippen LogP contribution is -2.37. The minimum absolute atomic E-state index is 0.165. The van der Waals surface area contributed by atoms with E-state index in [2.05, 4.69) is 10.4 Å². The number of nitrogens with zero attached hydrogens (tertiary/aromatic N) is 3. The van der Waals surface area contributed by atoms with Crippen molar-refractivity contribution in [2.45, 2.75) is 33.4 Å². The van der Waals surface area contributed by atoms with E-state index in [1.54, 1.807) is 10.9 Å². The Kier molecular flexibility index (Phi) is 4.85. The number of rotatable bonds is 5. The summed E-state index contributed by atoms with van der Waals surface area (Å²) in [7, 11) is 0. The third kappa shape index (κ3) is 3.71. The van der Waals surface area contributed by atoms with Crippen molar-refractivity contribution in [2.24, 2.45) is 5.73 Å². The van der Waals surface area contributed by atoms with Gasteiger partial charge in [-0.25, -0.2) is 0 Å². The highest BCUT2D eigenvalue weighted by atomic mass is 16.2. The minimum Gasteiger partial charge on any atom is -0.369 e. The van der Waals surface area contributed by atoms with Crippen LogP contribution in [0, 0.1) is 6.92 Å². The fourth-order valence-electron chi connectivity index (χ4n) is 3.24. The van der Waals surface area contributed by atoms with Gasteiger partial charge in [0, 0.05) is 31.0 Å². The van der Waals surface area contributed by atoms with Crippen LogP contribution in [0.15, 0.2) is 24.4 Å². The zero-order valence-corrected chi connectivity index (χ0v) is 14.6. The normalized spacial score (nSPS) is 14.2. The largest absolute Gasteiger partial charge is 0.369 e. The van der Waals surface area contributed by atoms with Gasteiger partial charge in [-0.2, -0.15) is 5.10 Å². The molecule has 2 aromatic rings. The zero-order chi connectivity index (χ0) is 18.0. The van der Waals surface area contributed by atoms with Crippen molar-refractivity contribution in [1.82, 2.24) is 14.7 Å². The summed E-state index contributed by atoms with van der Waals surface area (Å²) in [6, 6.07) is 5.93. The Balaban J connectivity index is 1.74. The molecule has 2 heterocycles. The molecule has 0 aliphatic carbocycles. The first-order valence-corrected chi connectivity index (χ1v) is 8.44. The van der Waals surface area contributed by atoms with Crippen LogP contribution in [0.4, 0.5) is 5.69 Å². The quantitative estimate of drug-likeness (QED) is 0.857. The summed E-state index contributed by atoms with van der Waals surface area (Å²) in [5.41, 5.74) is 9.82. The van der Waals surface area contributed by atoms with Gasteiger partial charge >= 0.3 is 0 Å². The van der Waals surface area contributed by atoms with Crippen LogP contribution in [-0.2, 0) is 24.3 Å². The molecule has 3 N–H and O–H groups in total. The molecule has 7 heteroatoms. The summed E-state index contributed by atoms with van der Waals surface area (Å²) >= 11 is 0. The number of nitrogens with one attached hydrogen (secondary N) is 1. The van der Waals surface area contributed by atoms with Gasteiger partial charge in [-0.15, -0.1) is 0 Å². The van der Waals surface area contributed by atoms with Crippen LogP contribution < -0.4 is 11.1 Å². The van der Waals surface area contributed by atoms with E-state index in [1.165, 1.54) is 5.56 Å². The van der Waals surface area contributed by atoms with Crippen molar-refractivity contribution in [3.63, 3.8) is 0 Å². The van der Waals surface area contributed by atoms with Gasteiger partial charge in [0.2, 0.25) is 5.91 Å². The highest BCUT2D eigenvalue weighted by Gasteiger charge is 2.19. The molecule has 0 bridgehead atoms. The summed E-state index contributed by atoms with van der Waals surface area (Å²) in [5.74, 6) is -0.488. The Morgan fingerprint density at radius 2 is 2.12 bits per heavy atom. The maximum absolute atomic E-state index is 12.5. The third-order valence-electron chi connectivity index (χ3n) is 4.58. The van der Waals surface area contributed by atoms with E-state index in [0.29, 0.717) is 12.1 Å². The number of carbonyl (C=O) groups is 2. The smallest absolute Gasteiger partial charge is 0.259 e. The fraction of sp³-hybridized carbons (Fsp3) is 0.389. The Labute approximate surface area is 146 Å². The second-order valence-corrected chi connectivity index (χ2v) is 6.32. The molecule has 1 aliphatic heterocycles. The van der Waals surface area contributed by atoms with Gasteiger partial charge in [0.05, 0.1) is 18.3 Å². The van der Waals surface area contributed by atoms with Crippen LogP contribution in [-0.4, -0.2) is 39.6 Å². The van der Waals surface area contributed by atoms with E-state index in [9.17, 15) is 9.59 Å². The number of primary amides is 1. The van der Waals surface area contributed by atoms with Crippen LogP contribution >= 0.6 is 0 Å². The summed E-state index contributed by atoms with van der Waals surface area (Å²) in [5, 5.41) is 7.15. The van der Waals surface area contributed by atoms with Crippen LogP contribution in [0.5, 0.6) is 0 Å². The van der Waals surface area contributed by atoms with E-state index in [1.807, 2.05) is 36.9 Å². The lowest BCUT2D eigenvalue weighted by atomic mass is 9.99. The number of hydrogen-bond acceptors (Lipinski definition) is 4. The monoisotopic (exact) mass is 341 g/mol. The molecule has 0 spiro atoms. The predicted molar refractivity (Wildman–Crippen MR) is 95.2 cm³/mol. The molecule has 0 unspecified atom stereocenters. The van der Waals surface area contributed by atoms with Crippen molar-refractivity contribution in [1.29, 1.82) is 0 Å². The predicted octanol–water partition coefficient (Wildman–Crippen LogP) is 1.31. The Bertz CT molecular complexity index is 812. The zero-order valence-electron chi connectivity index (χ0n) is 14.6. The second kappa shape index (κ2) is 7.06. The third-order valence-corrected chi connectivity index (χ3v) is 4.58. The molecule has 0 saturated carbocycles. The molecule has 1 aromatic heterocycles. The van der Waals surface area contributed by atoms with Crippen molar-refractivity contribution in [2.75, 3.05) is 18.4 Å². The van der Waals surface area contributed by atoms with Gasteiger partial charge in [0.15, 0.2) is 0 Å². The number of fused-ring (bicyclic) bond motifs is 1. The summed E-state index contributed by atoms with van der Waals surface area (Å²) in [6.07, 6.45) is 2.47. The van der Waals surface area contributed by atoms with E-state index in [-0.39, 0.29) is 18.4 Å². The molecule has 0 radical (unpaired) electrons. The van der Waals surface area contributed by atoms with E-state index < -0.39 is 0 Å². The fourth-order valence-corrected chi connectivity index (χ4v) is 3.24. The summed E-state index contributed by atoms with van der Waals surface area (Å²) in [4.78, 5) is 25.6. The number of carbonyl (C=O) groups excluding carboxylic acids is 2. The number of aryl methyl sites for hydroxylation is 1. The molecular weight excluding hydrogens is 318 g/mol. The molecule has 1 aromatic carbocycles. The van der Waals surface area contributed by atoms with Crippen molar-refractivity contribution < 1.29 is 9.59 Å². The summed E-state index contributed by atoms with van der Waals surface area (Å²) in [6.45, 7) is 6.34. The Hall–Kier alpha value is -2.67. The molecule has 132 valence electrons. The average molecular weight is 341 g/mol. The molecule has 7 nitrogen and oxygen atoms in total. The van der Waals surface area contributed by atoms with E-state index in [0.717, 1.165) is 36.5 Å². The molecule has 3 rings (SSSR count). The van der Waals surface area contributed by atoms with Crippen molar-refractivity contribution >= 4 is 17.5 Å². The second-order valence-electron chi connectivity index (χ2n) is 6.32. The van der Waals surface area contributed by atoms with Crippen LogP contribution in [0.25, 0.3) is 0 Å². The maximum Gasteiger partial charge on any atom is 0.259 e. The number of nitrogens with two attached hydrogens (primary N) is 1. The minimum atomic E-state index is -0.323. The first kappa shape index (κ1) is 17.2.